The Morgan fingerprint density at radius 3 is 2.53 bits per heavy atom. The second-order valence-corrected chi connectivity index (χ2v) is 5.31. The Morgan fingerprint density at radius 2 is 1.89 bits per heavy atom. The summed E-state index contributed by atoms with van der Waals surface area (Å²) in [6, 6.07) is 14.5. The lowest BCUT2D eigenvalue weighted by Crippen LogP contribution is -2.09. The van der Waals surface area contributed by atoms with Crippen molar-refractivity contribution in [3.63, 3.8) is 0 Å². The van der Waals surface area contributed by atoms with Crippen molar-refractivity contribution in [2.75, 3.05) is 24.3 Å². The lowest BCUT2D eigenvalue weighted by Gasteiger charge is -2.15. The van der Waals surface area contributed by atoms with Gasteiger partial charge in [0, 0.05) is 26.3 Å². The van der Waals surface area contributed by atoms with Crippen LogP contribution >= 0.6 is 11.6 Å². The van der Waals surface area contributed by atoms with Crippen molar-refractivity contribution >= 4 is 23.0 Å². The van der Waals surface area contributed by atoms with Gasteiger partial charge in [0.25, 0.3) is 0 Å². The first-order chi connectivity index (χ1) is 9.06. The third-order valence-electron chi connectivity index (χ3n) is 3.01. The average molecular weight is 275 g/mol. The third-order valence-corrected chi connectivity index (χ3v) is 3.31. The van der Waals surface area contributed by atoms with E-state index in [1.165, 1.54) is 11.1 Å². The fourth-order valence-corrected chi connectivity index (χ4v) is 2.36. The Labute approximate surface area is 120 Å². The fraction of sp³-hybridized carbons (Fsp3) is 0.250. The molecule has 0 amide bonds. The molecular weight excluding hydrogens is 256 g/mol. The summed E-state index contributed by atoms with van der Waals surface area (Å²) in [5.41, 5.74) is 4.62. The van der Waals surface area contributed by atoms with Crippen LogP contribution in [0.4, 0.5) is 11.4 Å². The van der Waals surface area contributed by atoms with Gasteiger partial charge in [0.2, 0.25) is 0 Å². The molecular formula is C16H19ClN2. The van der Waals surface area contributed by atoms with Crippen LogP contribution in [0.3, 0.4) is 0 Å². The molecule has 0 atom stereocenters. The predicted octanol–water partition coefficient (Wildman–Crippen LogP) is 4.33. The molecule has 0 radical (unpaired) electrons. The highest BCUT2D eigenvalue weighted by Crippen LogP contribution is 2.27. The smallest absolute Gasteiger partial charge is 0.0659 e. The average Bonchev–Trinajstić information content (AvgIpc) is 2.36. The van der Waals surface area contributed by atoms with Crippen molar-refractivity contribution in [1.82, 2.24) is 0 Å². The van der Waals surface area contributed by atoms with Gasteiger partial charge in [-0.05, 0) is 30.7 Å². The van der Waals surface area contributed by atoms with Crippen molar-refractivity contribution in [2.24, 2.45) is 0 Å². The van der Waals surface area contributed by atoms with Crippen LogP contribution in [0.2, 0.25) is 5.02 Å². The van der Waals surface area contributed by atoms with E-state index in [-0.39, 0.29) is 0 Å². The zero-order valence-electron chi connectivity index (χ0n) is 11.6. The van der Waals surface area contributed by atoms with Gasteiger partial charge in [-0.3, -0.25) is 0 Å². The number of rotatable bonds is 4. The van der Waals surface area contributed by atoms with Gasteiger partial charge >= 0.3 is 0 Å². The monoisotopic (exact) mass is 274 g/mol. The molecule has 0 heterocycles. The predicted molar refractivity (Wildman–Crippen MR) is 84.3 cm³/mol. The number of hydrogen-bond donors (Lipinski definition) is 1. The van der Waals surface area contributed by atoms with E-state index in [1.54, 1.807) is 0 Å². The summed E-state index contributed by atoms with van der Waals surface area (Å²) in [5.74, 6) is 0. The first-order valence-corrected chi connectivity index (χ1v) is 6.70. The van der Waals surface area contributed by atoms with Crippen molar-refractivity contribution in [1.29, 1.82) is 0 Å². The molecule has 0 fully saturated rings. The molecule has 2 aromatic rings. The van der Waals surface area contributed by atoms with Crippen LogP contribution in [0.5, 0.6) is 0 Å². The molecule has 100 valence electrons. The third kappa shape index (κ3) is 3.65. The van der Waals surface area contributed by atoms with Crippen LogP contribution in [0, 0.1) is 6.92 Å². The van der Waals surface area contributed by atoms with Crippen molar-refractivity contribution in [3.05, 3.63) is 58.6 Å². The van der Waals surface area contributed by atoms with Gasteiger partial charge in [-0.2, -0.15) is 0 Å². The van der Waals surface area contributed by atoms with E-state index < -0.39 is 0 Å². The number of hydrogen-bond acceptors (Lipinski definition) is 2. The molecule has 1 N–H and O–H groups in total. The lowest BCUT2D eigenvalue weighted by molar-refractivity contribution is 1.12. The van der Waals surface area contributed by atoms with Gasteiger partial charge in [-0.1, -0.05) is 41.4 Å². The number of anilines is 2. The number of aryl methyl sites for hydroxylation is 1. The molecule has 0 unspecified atom stereocenters. The second kappa shape index (κ2) is 5.98. The van der Waals surface area contributed by atoms with E-state index >= 15 is 0 Å². The van der Waals surface area contributed by atoms with E-state index in [0.29, 0.717) is 0 Å². The maximum atomic E-state index is 6.25. The highest BCUT2D eigenvalue weighted by atomic mass is 35.5. The van der Waals surface area contributed by atoms with Gasteiger partial charge in [0.15, 0.2) is 0 Å². The fourth-order valence-electron chi connectivity index (χ4n) is 2.01. The zero-order chi connectivity index (χ0) is 13.8. The van der Waals surface area contributed by atoms with Gasteiger partial charge in [-0.25, -0.2) is 0 Å². The van der Waals surface area contributed by atoms with Crippen LogP contribution in [0.1, 0.15) is 11.1 Å². The topological polar surface area (TPSA) is 15.3 Å². The number of nitrogens with zero attached hydrogens (tertiary/aromatic N) is 1. The van der Waals surface area contributed by atoms with Crippen molar-refractivity contribution in [3.8, 4) is 0 Å². The van der Waals surface area contributed by atoms with E-state index in [1.807, 2.05) is 31.1 Å². The van der Waals surface area contributed by atoms with Crippen LogP contribution in [0.15, 0.2) is 42.5 Å². The molecule has 0 spiro atoms. The molecule has 0 aliphatic heterocycles. The summed E-state index contributed by atoms with van der Waals surface area (Å²) in [7, 11) is 3.97. The first kappa shape index (κ1) is 13.8. The minimum atomic E-state index is 0.763. The normalized spacial score (nSPS) is 10.3. The maximum Gasteiger partial charge on any atom is 0.0659 e. The van der Waals surface area contributed by atoms with E-state index in [2.05, 4.69) is 42.6 Å². The second-order valence-electron chi connectivity index (χ2n) is 4.90. The van der Waals surface area contributed by atoms with Gasteiger partial charge in [0.1, 0.15) is 0 Å². The quantitative estimate of drug-likeness (QED) is 0.893. The summed E-state index contributed by atoms with van der Waals surface area (Å²) < 4.78 is 0. The Balaban J connectivity index is 2.06. The van der Waals surface area contributed by atoms with Crippen LogP contribution in [-0.4, -0.2) is 14.1 Å². The highest BCUT2D eigenvalue weighted by molar-refractivity contribution is 6.33. The van der Waals surface area contributed by atoms with Crippen LogP contribution in [0.25, 0.3) is 0 Å². The minimum Gasteiger partial charge on any atom is -0.381 e. The number of halogens is 1. The summed E-state index contributed by atoms with van der Waals surface area (Å²) in [4.78, 5) is 2.01. The minimum absolute atomic E-state index is 0.763. The molecule has 0 saturated heterocycles. The summed E-state index contributed by atoms with van der Waals surface area (Å²) in [6.45, 7) is 2.91. The Bertz CT molecular complexity index is 564. The first-order valence-electron chi connectivity index (χ1n) is 6.32. The van der Waals surface area contributed by atoms with Crippen molar-refractivity contribution < 1.29 is 0 Å². The van der Waals surface area contributed by atoms with Gasteiger partial charge in [0.05, 0.1) is 10.7 Å². The van der Waals surface area contributed by atoms with Crippen molar-refractivity contribution in [2.45, 2.75) is 13.5 Å². The molecule has 0 saturated carbocycles. The van der Waals surface area contributed by atoms with Crippen LogP contribution < -0.4 is 10.2 Å². The number of benzene rings is 2. The molecule has 0 aromatic heterocycles. The number of nitrogens with one attached hydrogen (secondary N) is 1. The summed E-state index contributed by atoms with van der Waals surface area (Å²) >= 11 is 6.25. The van der Waals surface area contributed by atoms with Gasteiger partial charge < -0.3 is 10.2 Å². The lowest BCUT2D eigenvalue weighted by atomic mass is 10.1. The largest absolute Gasteiger partial charge is 0.381 e. The molecule has 2 rings (SSSR count). The summed E-state index contributed by atoms with van der Waals surface area (Å²) in [5, 5.41) is 4.16. The molecule has 0 aliphatic rings. The molecule has 2 nitrogen and oxygen atoms in total. The summed E-state index contributed by atoms with van der Waals surface area (Å²) in [6.07, 6.45) is 0. The Hall–Kier alpha value is -1.67. The standard InChI is InChI=1S/C16H19ClN2/c1-12-5-4-6-13(9-12)11-18-14-7-8-16(19(2)3)15(17)10-14/h4-10,18H,11H2,1-3H3. The highest BCUT2D eigenvalue weighted by Gasteiger charge is 2.03. The van der Waals surface area contributed by atoms with E-state index in [0.717, 1.165) is 22.9 Å². The van der Waals surface area contributed by atoms with E-state index in [9.17, 15) is 0 Å². The molecule has 3 heteroatoms. The maximum absolute atomic E-state index is 6.25. The van der Waals surface area contributed by atoms with Crippen LogP contribution in [-0.2, 0) is 6.54 Å². The SMILES string of the molecule is Cc1cccc(CNc2ccc(N(C)C)c(Cl)c2)c1. The van der Waals surface area contributed by atoms with E-state index in [4.69, 9.17) is 11.6 Å². The Morgan fingerprint density at radius 1 is 1.11 bits per heavy atom. The molecule has 19 heavy (non-hydrogen) atoms. The van der Waals surface area contributed by atoms with Gasteiger partial charge in [-0.15, -0.1) is 0 Å². The molecule has 0 bridgehead atoms. The zero-order valence-corrected chi connectivity index (χ0v) is 12.3. The Kier molecular flexibility index (Phi) is 4.33. The molecule has 2 aromatic carbocycles. The molecule has 0 aliphatic carbocycles.